The van der Waals surface area contributed by atoms with E-state index in [9.17, 15) is 4.79 Å². The molecule has 8 heteroatoms. The van der Waals surface area contributed by atoms with E-state index in [0.717, 1.165) is 11.1 Å². The molecule has 3 aromatic rings. The van der Waals surface area contributed by atoms with Crippen LogP contribution < -0.4 is 14.9 Å². The van der Waals surface area contributed by atoms with E-state index in [1.807, 2.05) is 37.3 Å². The zero-order valence-corrected chi connectivity index (χ0v) is 18.8. The molecule has 0 aromatic heterocycles. The normalized spacial score (nSPS) is 10.8. The summed E-state index contributed by atoms with van der Waals surface area (Å²) in [5, 5.41) is 5.36. The predicted octanol–water partition coefficient (Wildman–Crippen LogP) is 6.39. The molecule has 0 spiro atoms. The molecule has 0 radical (unpaired) electrons. The number of hydrogen-bond donors (Lipinski definition) is 1. The minimum absolute atomic E-state index is 0.251. The first kappa shape index (κ1) is 22.9. The number of benzene rings is 3. The van der Waals surface area contributed by atoms with Gasteiger partial charge in [0, 0.05) is 10.0 Å². The average molecular weight is 478 g/mol. The van der Waals surface area contributed by atoms with E-state index in [0.29, 0.717) is 34.8 Å². The topological polar surface area (TPSA) is 59.9 Å². The van der Waals surface area contributed by atoms with Gasteiger partial charge in [0.25, 0.3) is 5.91 Å². The van der Waals surface area contributed by atoms with Gasteiger partial charge in [0.05, 0.1) is 23.4 Å². The van der Waals surface area contributed by atoms with E-state index in [4.69, 9.17) is 44.3 Å². The van der Waals surface area contributed by atoms with Gasteiger partial charge >= 0.3 is 0 Å². The van der Waals surface area contributed by atoms with Gasteiger partial charge in [0.2, 0.25) is 0 Å². The van der Waals surface area contributed by atoms with Crippen LogP contribution in [0.1, 0.15) is 28.4 Å². The van der Waals surface area contributed by atoms with E-state index in [2.05, 4.69) is 10.5 Å². The van der Waals surface area contributed by atoms with E-state index in [-0.39, 0.29) is 10.6 Å². The number of nitrogens with zero attached hydrogens (tertiary/aromatic N) is 1. The Morgan fingerprint density at radius 2 is 1.68 bits per heavy atom. The van der Waals surface area contributed by atoms with E-state index in [1.54, 1.807) is 18.2 Å². The van der Waals surface area contributed by atoms with Crippen molar-refractivity contribution in [3.05, 3.63) is 92.4 Å². The minimum atomic E-state index is -0.439. The molecule has 31 heavy (non-hydrogen) atoms. The second kappa shape index (κ2) is 11.0. The summed E-state index contributed by atoms with van der Waals surface area (Å²) in [5.74, 6) is 0.740. The van der Waals surface area contributed by atoms with Crippen molar-refractivity contribution in [2.45, 2.75) is 13.5 Å². The van der Waals surface area contributed by atoms with Crippen molar-refractivity contribution in [1.82, 2.24) is 5.43 Å². The summed E-state index contributed by atoms with van der Waals surface area (Å²) in [6, 6.07) is 17.4. The summed E-state index contributed by atoms with van der Waals surface area (Å²) in [6.45, 7) is 2.74. The van der Waals surface area contributed by atoms with Crippen LogP contribution in [0.5, 0.6) is 11.5 Å². The molecule has 0 aliphatic heterocycles. The molecule has 0 atom stereocenters. The standard InChI is InChI=1S/C23H19Cl3N2O3/c1-2-30-22-11-16(5-10-21(22)31-14-15-3-6-17(24)7-4-15)13-27-28-23(29)19-9-8-18(25)12-20(19)26/h3-13H,2,14H2,1H3,(H,28,29)/b27-13-. The summed E-state index contributed by atoms with van der Waals surface area (Å²) >= 11 is 17.8. The molecule has 0 unspecified atom stereocenters. The van der Waals surface area contributed by atoms with Crippen molar-refractivity contribution >= 4 is 46.9 Å². The van der Waals surface area contributed by atoms with Gasteiger partial charge in [-0.05, 0) is 66.6 Å². The first-order valence-electron chi connectivity index (χ1n) is 9.39. The smallest absolute Gasteiger partial charge is 0.272 e. The van der Waals surface area contributed by atoms with Crippen molar-refractivity contribution < 1.29 is 14.3 Å². The van der Waals surface area contributed by atoms with Crippen molar-refractivity contribution in [2.24, 2.45) is 5.10 Å². The fourth-order valence-electron chi connectivity index (χ4n) is 2.63. The second-order valence-corrected chi connectivity index (χ2v) is 7.66. The van der Waals surface area contributed by atoms with Crippen molar-refractivity contribution in [1.29, 1.82) is 0 Å². The first-order valence-corrected chi connectivity index (χ1v) is 10.5. The fourth-order valence-corrected chi connectivity index (χ4v) is 3.25. The highest BCUT2D eigenvalue weighted by atomic mass is 35.5. The Balaban J connectivity index is 1.66. The van der Waals surface area contributed by atoms with Gasteiger partial charge < -0.3 is 9.47 Å². The molecule has 0 heterocycles. The van der Waals surface area contributed by atoms with Gasteiger partial charge in [-0.15, -0.1) is 0 Å². The SMILES string of the molecule is CCOc1cc(/C=N\NC(=O)c2ccc(Cl)cc2Cl)ccc1OCc1ccc(Cl)cc1. The number of halogens is 3. The minimum Gasteiger partial charge on any atom is -0.490 e. The van der Waals surface area contributed by atoms with Crippen LogP contribution in [0.3, 0.4) is 0 Å². The van der Waals surface area contributed by atoms with Gasteiger partial charge in [-0.3, -0.25) is 4.79 Å². The summed E-state index contributed by atoms with van der Waals surface area (Å²) in [6.07, 6.45) is 1.51. The lowest BCUT2D eigenvalue weighted by atomic mass is 10.2. The number of hydrazone groups is 1. The van der Waals surface area contributed by atoms with Crippen molar-refractivity contribution in [3.63, 3.8) is 0 Å². The molecule has 1 amide bonds. The maximum absolute atomic E-state index is 12.2. The molecule has 0 bridgehead atoms. The summed E-state index contributed by atoms with van der Waals surface area (Å²) in [7, 11) is 0. The number of nitrogens with one attached hydrogen (secondary N) is 1. The van der Waals surface area contributed by atoms with Crippen molar-refractivity contribution in [2.75, 3.05) is 6.61 Å². The quantitative estimate of drug-likeness (QED) is 0.302. The number of rotatable bonds is 8. The molecular weight excluding hydrogens is 459 g/mol. The monoisotopic (exact) mass is 476 g/mol. The largest absolute Gasteiger partial charge is 0.490 e. The molecule has 0 fully saturated rings. The number of carbonyl (C=O) groups is 1. The van der Waals surface area contributed by atoms with E-state index >= 15 is 0 Å². The summed E-state index contributed by atoms with van der Waals surface area (Å²) in [5.41, 5.74) is 4.44. The van der Waals surface area contributed by atoms with Crippen LogP contribution >= 0.6 is 34.8 Å². The number of hydrogen-bond acceptors (Lipinski definition) is 4. The van der Waals surface area contributed by atoms with Crippen LogP contribution in [-0.2, 0) is 6.61 Å². The zero-order chi connectivity index (χ0) is 22.2. The zero-order valence-electron chi connectivity index (χ0n) is 16.6. The van der Waals surface area contributed by atoms with E-state index in [1.165, 1.54) is 18.3 Å². The molecule has 3 aromatic carbocycles. The number of carbonyl (C=O) groups excluding carboxylic acids is 1. The van der Waals surface area contributed by atoms with Gasteiger partial charge in [-0.1, -0.05) is 46.9 Å². The molecule has 3 rings (SSSR count). The molecule has 1 N–H and O–H groups in total. The van der Waals surface area contributed by atoms with Gasteiger partial charge in [-0.2, -0.15) is 5.10 Å². The summed E-state index contributed by atoms with van der Waals surface area (Å²) in [4.78, 5) is 12.2. The Morgan fingerprint density at radius 1 is 0.935 bits per heavy atom. The second-order valence-electron chi connectivity index (χ2n) is 6.38. The fraction of sp³-hybridized carbons (Fsp3) is 0.130. The van der Waals surface area contributed by atoms with Gasteiger partial charge in [0.1, 0.15) is 6.61 Å². The highest BCUT2D eigenvalue weighted by molar-refractivity contribution is 6.36. The molecule has 0 aliphatic carbocycles. The number of amides is 1. The number of ether oxygens (including phenoxy) is 2. The molecular formula is C23H19Cl3N2O3. The van der Waals surface area contributed by atoms with Crippen LogP contribution in [0.15, 0.2) is 65.8 Å². The Morgan fingerprint density at radius 3 is 2.39 bits per heavy atom. The third kappa shape index (κ3) is 6.62. The van der Waals surface area contributed by atoms with E-state index < -0.39 is 5.91 Å². The summed E-state index contributed by atoms with van der Waals surface area (Å²) < 4.78 is 11.6. The van der Waals surface area contributed by atoms with Crippen molar-refractivity contribution in [3.8, 4) is 11.5 Å². The maximum atomic E-state index is 12.2. The Kier molecular flexibility index (Phi) is 8.18. The lowest BCUT2D eigenvalue weighted by molar-refractivity contribution is 0.0955. The predicted molar refractivity (Wildman–Crippen MR) is 125 cm³/mol. The molecule has 0 aliphatic rings. The third-order valence-electron chi connectivity index (χ3n) is 4.13. The molecule has 5 nitrogen and oxygen atoms in total. The highest BCUT2D eigenvalue weighted by Gasteiger charge is 2.10. The Labute approximate surface area is 195 Å². The van der Waals surface area contributed by atoms with Crippen LogP contribution in [0, 0.1) is 0 Å². The lowest BCUT2D eigenvalue weighted by Gasteiger charge is -2.12. The molecule has 0 saturated heterocycles. The maximum Gasteiger partial charge on any atom is 0.272 e. The Bertz CT molecular complexity index is 1090. The highest BCUT2D eigenvalue weighted by Crippen LogP contribution is 2.29. The van der Waals surface area contributed by atoms with Gasteiger partial charge in [0.15, 0.2) is 11.5 Å². The van der Waals surface area contributed by atoms with Crippen LogP contribution in [0.2, 0.25) is 15.1 Å². The lowest BCUT2D eigenvalue weighted by Crippen LogP contribution is -2.18. The third-order valence-corrected chi connectivity index (χ3v) is 4.93. The van der Waals surface area contributed by atoms with Crippen LogP contribution in [0.25, 0.3) is 0 Å². The first-order chi connectivity index (χ1) is 15.0. The molecule has 0 saturated carbocycles. The van der Waals surface area contributed by atoms with Crippen LogP contribution in [0.4, 0.5) is 0 Å². The molecule has 160 valence electrons. The van der Waals surface area contributed by atoms with Gasteiger partial charge in [-0.25, -0.2) is 5.43 Å². The van der Waals surface area contributed by atoms with Crippen LogP contribution in [-0.4, -0.2) is 18.7 Å². The Hall–Kier alpha value is -2.73. The average Bonchev–Trinajstić information content (AvgIpc) is 2.74.